The van der Waals surface area contributed by atoms with Gasteiger partial charge in [0.05, 0.1) is 12.7 Å². The largest absolute Gasteiger partial charge is 0.467 e. The first kappa shape index (κ1) is 16.4. The topological polar surface area (TPSA) is 78.8 Å². The third kappa shape index (κ3) is 6.61. The molecular weight excluding hydrogens is 222 g/mol. The van der Waals surface area contributed by atoms with Gasteiger partial charge in [0.2, 0.25) is 0 Å². The molecule has 0 aliphatic carbocycles. The maximum absolute atomic E-state index is 11.2. The van der Waals surface area contributed by atoms with E-state index in [9.17, 15) is 15.0 Å². The highest BCUT2D eigenvalue weighted by molar-refractivity contribution is 5.78. The molecule has 0 amide bonds. The van der Waals surface area contributed by atoms with E-state index in [2.05, 4.69) is 10.1 Å². The molecule has 3 N–H and O–H groups in total. The minimum absolute atomic E-state index is 0.0495. The fourth-order valence-corrected chi connectivity index (χ4v) is 1.82. The van der Waals surface area contributed by atoms with Gasteiger partial charge in [-0.3, -0.25) is 0 Å². The van der Waals surface area contributed by atoms with Crippen molar-refractivity contribution >= 4 is 5.97 Å². The van der Waals surface area contributed by atoms with Crippen LogP contribution >= 0.6 is 0 Å². The molecule has 2 unspecified atom stereocenters. The molecule has 17 heavy (non-hydrogen) atoms. The quantitative estimate of drug-likeness (QED) is 0.564. The second-order valence-corrected chi connectivity index (χ2v) is 5.46. The lowest BCUT2D eigenvalue weighted by atomic mass is 9.94. The van der Waals surface area contributed by atoms with E-state index in [1.807, 2.05) is 13.8 Å². The average Bonchev–Trinajstić information content (AvgIpc) is 2.13. The van der Waals surface area contributed by atoms with E-state index < -0.39 is 17.2 Å². The van der Waals surface area contributed by atoms with Crippen LogP contribution in [0, 0.1) is 5.92 Å². The summed E-state index contributed by atoms with van der Waals surface area (Å²) in [4.78, 5) is 11.2. The van der Waals surface area contributed by atoms with Crippen molar-refractivity contribution in [1.82, 2.24) is 5.32 Å². The van der Waals surface area contributed by atoms with Crippen LogP contribution in [0.25, 0.3) is 0 Å². The second-order valence-electron chi connectivity index (χ2n) is 5.46. The van der Waals surface area contributed by atoms with Gasteiger partial charge in [0.25, 0.3) is 0 Å². The molecular formula is C12H25NO4. The van der Waals surface area contributed by atoms with Gasteiger partial charge in [-0.2, -0.15) is 0 Å². The van der Waals surface area contributed by atoms with Crippen molar-refractivity contribution in [3.63, 3.8) is 0 Å². The standard InChI is InChI=1S/C12H25NO4/c1-9(2)6-11(3,15)7-13-8-12(4,16)10(14)17-5/h9,13,15-16H,6-8H2,1-5H3. The summed E-state index contributed by atoms with van der Waals surface area (Å²) in [5.74, 6) is -0.304. The Bertz CT molecular complexity index is 249. The molecule has 102 valence electrons. The second kappa shape index (κ2) is 6.33. The van der Waals surface area contributed by atoms with Crippen molar-refractivity contribution in [1.29, 1.82) is 0 Å². The summed E-state index contributed by atoms with van der Waals surface area (Å²) >= 11 is 0. The van der Waals surface area contributed by atoms with Crippen LogP contribution in [0.2, 0.25) is 0 Å². The molecule has 0 rings (SSSR count). The number of rotatable bonds is 7. The van der Waals surface area contributed by atoms with E-state index in [0.29, 0.717) is 18.9 Å². The number of carbonyl (C=O) groups is 1. The van der Waals surface area contributed by atoms with Crippen LogP contribution < -0.4 is 5.32 Å². The van der Waals surface area contributed by atoms with E-state index >= 15 is 0 Å². The highest BCUT2D eigenvalue weighted by Crippen LogP contribution is 2.15. The molecule has 0 saturated carbocycles. The van der Waals surface area contributed by atoms with Gasteiger partial charge >= 0.3 is 5.97 Å². The van der Waals surface area contributed by atoms with E-state index in [1.165, 1.54) is 14.0 Å². The van der Waals surface area contributed by atoms with Gasteiger partial charge in [0, 0.05) is 13.1 Å². The number of ether oxygens (including phenoxy) is 1. The fourth-order valence-electron chi connectivity index (χ4n) is 1.82. The molecule has 0 aliphatic heterocycles. The number of methoxy groups -OCH3 is 1. The third-order valence-electron chi connectivity index (χ3n) is 2.45. The lowest BCUT2D eigenvalue weighted by molar-refractivity contribution is -0.160. The van der Waals surface area contributed by atoms with Crippen molar-refractivity contribution in [2.75, 3.05) is 20.2 Å². The van der Waals surface area contributed by atoms with Crippen LogP contribution in [-0.2, 0) is 9.53 Å². The van der Waals surface area contributed by atoms with Crippen LogP contribution in [0.15, 0.2) is 0 Å². The first-order chi connectivity index (χ1) is 7.60. The molecule has 0 spiro atoms. The minimum atomic E-state index is -1.57. The molecule has 0 aliphatic rings. The lowest BCUT2D eigenvalue weighted by Gasteiger charge is -2.28. The van der Waals surface area contributed by atoms with Crippen molar-refractivity contribution in [3.05, 3.63) is 0 Å². The highest BCUT2D eigenvalue weighted by atomic mass is 16.5. The molecule has 0 aromatic rings. The van der Waals surface area contributed by atoms with E-state index in [-0.39, 0.29) is 6.54 Å². The average molecular weight is 247 g/mol. The molecule has 5 nitrogen and oxygen atoms in total. The predicted octanol–water partition coefficient (Wildman–Crippen LogP) is 0.297. The Hall–Kier alpha value is -0.650. The number of hydrogen-bond acceptors (Lipinski definition) is 5. The number of esters is 1. The zero-order valence-corrected chi connectivity index (χ0v) is 11.4. The Morgan fingerprint density at radius 1 is 1.29 bits per heavy atom. The van der Waals surface area contributed by atoms with Crippen LogP contribution in [0.4, 0.5) is 0 Å². The molecule has 0 radical (unpaired) electrons. The van der Waals surface area contributed by atoms with Gasteiger partial charge in [0.15, 0.2) is 5.60 Å². The van der Waals surface area contributed by atoms with Crippen LogP contribution in [0.1, 0.15) is 34.1 Å². The van der Waals surface area contributed by atoms with Crippen molar-refractivity contribution in [3.8, 4) is 0 Å². The van der Waals surface area contributed by atoms with Gasteiger partial charge in [-0.25, -0.2) is 4.79 Å². The van der Waals surface area contributed by atoms with Crippen LogP contribution in [0.3, 0.4) is 0 Å². The smallest absolute Gasteiger partial charge is 0.338 e. The van der Waals surface area contributed by atoms with Crippen molar-refractivity contribution < 1.29 is 19.7 Å². The Morgan fingerprint density at radius 3 is 2.24 bits per heavy atom. The maximum Gasteiger partial charge on any atom is 0.338 e. The first-order valence-electron chi connectivity index (χ1n) is 5.84. The maximum atomic E-state index is 11.2. The fraction of sp³-hybridized carbons (Fsp3) is 0.917. The van der Waals surface area contributed by atoms with Crippen molar-refractivity contribution in [2.24, 2.45) is 5.92 Å². The predicted molar refractivity (Wildman–Crippen MR) is 65.6 cm³/mol. The first-order valence-corrected chi connectivity index (χ1v) is 5.84. The van der Waals surface area contributed by atoms with Crippen LogP contribution in [-0.4, -0.2) is 47.6 Å². The van der Waals surface area contributed by atoms with Gasteiger partial charge in [0.1, 0.15) is 0 Å². The Balaban J connectivity index is 4.10. The monoisotopic (exact) mass is 247 g/mol. The molecule has 0 fully saturated rings. The third-order valence-corrected chi connectivity index (χ3v) is 2.45. The summed E-state index contributed by atoms with van der Waals surface area (Å²) in [5.41, 5.74) is -2.41. The lowest BCUT2D eigenvalue weighted by Crippen LogP contribution is -2.49. The highest BCUT2D eigenvalue weighted by Gasteiger charge is 2.32. The summed E-state index contributed by atoms with van der Waals surface area (Å²) < 4.78 is 4.47. The van der Waals surface area contributed by atoms with Gasteiger partial charge in [-0.1, -0.05) is 13.8 Å². The molecule has 0 aromatic heterocycles. The molecule has 5 heteroatoms. The molecule has 2 atom stereocenters. The van der Waals surface area contributed by atoms with Gasteiger partial charge < -0.3 is 20.3 Å². The zero-order chi connectivity index (χ0) is 13.7. The van der Waals surface area contributed by atoms with E-state index in [1.54, 1.807) is 6.92 Å². The van der Waals surface area contributed by atoms with Crippen molar-refractivity contribution in [2.45, 2.75) is 45.3 Å². The minimum Gasteiger partial charge on any atom is -0.467 e. The number of carbonyl (C=O) groups excluding carboxylic acids is 1. The Morgan fingerprint density at radius 2 is 1.82 bits per heavy atom. The van der Waals surface area contributed by atoms with Gasteiger partial charge in [-0.05, 0) is 26.2 Å². The molecule has 0 heterocycles. The summed E-state index contributed by atoms with van der Waals surface area (Å²) in [6.45, 7) is 7.53. The SMILES string of the molecule is COC(=O)C(C)(O)CNCC(C)(O)CC(C)C. The summed E-state index contributed by atoms with van der Waals surface area (Å²) in [6, 6.07) is 0. The number of hydrogen-bond donors (Lipinski definition) is 3. The molecule has 0 bridgehead atoms. The van der Waals surface area contributed by atoms with Gasteiger partial charge in [-0.15, -0.1) is 0 Å². The molecule has 0 aromatic carbocycles. The Kier molecular flexibility index (Phi) is 6.09. The normalized spacial score (nSPS) is 18.6. The number of nitrogens with one attached hydrogen (secondary N) is 1. The number of aliphatic hydroxyl groups is 2. The molecule has 0 saturated heterocycles. The van der Waals surface area contributed by atoms with E-state index in [0.717, 1.165) is 0 Å². The van der Waals surface area contributed by atoms with Crippen LogP contribution in [0.5, 0.6) is 0 Å². The summed E-state index contributed by atoms with van der Waals surface area (Å²) in [7, 11) is 1.23. The summed E-state index contributed by atoms with van der Waals surface area (Å²) in [6.07, 6.45) is 0.653. The summed E-state index contributed by atoms with van der Waals surface area (Å²) in [5, 5.41) is 22.6. The zero-order valence-electron chi connectivity index (χ0n) is 11.4. The van der Waals surface area contributed by atoms with E-state index in [4.69, 9.17) is 0 Å². The Labute approximate surface area is 103 Å².